The minimum absolute atomic E-state index is 0.101. The molecule has 6 atom stereocenters. The highest BCUT2D eigenvalue weighted by atomic mass is 31.2. The number of phosphoric ester groups is 2. The maximum atomic E-state index is 13.0. The quantitative estimate of drug-likeness (QED) is 0.0222. The summed E-state index contributed by atoms with van der Waals surface area (Å²) in [5, 5.41) is 10.6. The second-order valence-electron chi connectivity index (χ2n) is 26.2. The maximum absolute atomic E-state index is 13.0. The van der Waals surface area contributed by atoms with E-state index in [9.17, 15) is 43.2 Å². The van der Waals surface area contributed by atoms with Crippen LogP contribution in [0.2, 0.25) is 0 Å². The average molecular weight is 1280 g/mol. The molecule has 0 amide bonds. The predicted octanol–water partition coefficient (Wildman–Crippen LogP) is 18.9. The van der Waals surface area contributed by atoms with Crippen LogP contribution in [0.25, 0.3) is 0 Å². The van der Waals surface area contributed by atoms with Gasteiger partial charge in [-0.1, -0.05) is 280 Å². The van der Waals surface area contributed by atoms with Crippen molar-refractivity contribution in [2.24, 2.45) is 23.7 Å². The lowest BCUT2D eigenvalue weighted by molar-refractivity contribution is -0.161. The summed E-state index contributed by atoms with van der Waals surface area (Å²) >= 11 is 0. The van der Waals surface area contributed by atoms with Gasteiger partial charge in [-0.3, -0.25) is 37.3 Å². The van der Waals surface area contributed by atoms with Crippen molar-refractivity contribution < 1.29 is 80.2 Å². The normalized spacial score (nSPS) is 14.6. The van der Waals surface area contributed by atoms with Crippen LogP contribution in [0, 0.1) is 23.7 Å². The van der Waals surface area contributed by atoms with E-state index in [1.165, 1.54) is 122 Å². The molecule has 0 aliphatic heterocycles. The number of rotatable bonds is 65. The predicted molar refractivity (Wildman–Crippen MR) is 349 cm³/mol. The third-order valence-electron chi connectivity index (χ3n) is 15.9. The number of aliphatic hydroxyl groups is 1. The molecule has 0 spiro atoms. The van der Waals surface area contributed by atoms with Gasteiger partial charge in [0.25, 0.3) is 0 Å². The molecule has 3 N–H and O–H groups in total. The third kappa shape index (κ3) is 61.3. The van der Waals surface area contributed by atoms with E-state index in [-0.39, 0.29) is 25.7 Å². The molecule has 0 bridgehead atoms. The van der Waals surface area contributed by atoms with Crippen molar-refractivity contribution >= 4 is 39.5 Å². The van der Waals surface area contributed by atoms with Crippen molar-refractivity contribution in [3.05, 3.63) is 0 Å². The minimum Gasteiger partial charge on any atom is -0.462 e. The van der Waals surface area contributed by atoms with E-state index in [0.29, 0.717) is 37.5 Å². The van der Waals surface area contributed by atoms with Crippen molar-refractivity contribution in [2.45, 2.75) is 350 Å². The molecular formula is C68H132O17P2. The number of aliphatic hydroxyl groups excluding tert-OH is 1. The molecule has 0 aliphatic rings. The summed E-state index contributed by atoms with van der Waals surface area (Å²) in [6, 6.07) is 0. The summed E-state index contributed by atoms with van der Waals surface area (Å²) in [6.07, 6.45) is 39.3. The van der Waals surface area contributed by atoms with Crippen LogP contribution in [0.3, 0.4) is 0 Å². The van der Waals surface area contributed by atoms with Crippen LogP contribution in [0.15, 0.2) is 0 Å². The second-order valence-corrected chi connectivity index (χ2v) is 29.1. The molecule has 0 rings (SSSR count). The van der Waals surface area contributed by atoms with Gasteiger partial charge in [0.15, 0.2) is 12.2 Å². The van der Waals surface area contributed by atoms with Crippen molar-refractivity contribution in [1.29, 1.82) is 0 Å². The van der Waals surface area contributed by atoms with Gasteiger partial charge < -0.3 is 33.8 Å². The van der Waals surface area contributed by atoms with Gasteiger partial charge in [-0.25, -0.2) is 9.13 Å². The molecule has 0 saturated carbocycles. The van der Waals surface area contributed by atoms with Gasteiger partial charge in [0.05, 0.1) is 26.4 Å². The Morgan fingerprint density at radius 1 is 0.322 bits per heavy atom. The highest BCUT2D eigenvalue weighted by Crippen LogP contribution is 2.45. The van der Waals surface area contributed by atoms with E-state index in [4.69, 9.17) is 37.0 Å². The summed E-state index contributed by atoms with van der Waals surface area (Å²) in [4.78, 5) is 72.3. The van der Waals surface area contributed by atoms with Gasteiger partial charge in [-0.2, -0.15) is 0 Å². The van der Waals surface area contributed by atoms with Gasteiger partial charge in [0.2, 0.25) is 0 Å². The van der Waals surface area contributed by atoms with Gasteiger partial charge in [0, 0.05) is 25.7 Å². The van der Waals surface area contributed by atoms with Crippen molar-refractivity contribution in [2.75, 3.05) is 39.6 Å². The van der Waals surface area contributed by atoms with Gasteiger partial charge in [0.1, 0.15) is 19.3 Å². The van der Waals surface area contributed by atoms with Crippen LogP contribution in [0.4, 0.5) is 0 Å². The van der Waals surface area contributed by atoms with Crippen LogP contribution in [0.1, 0.15) is 331 Å². The SMILES string of the molecule is CCC(C)CCCCCCCCC(=O)O[C@H](COC(=O)CCCCCCCCC(C)C)COP(=O)(O)OCC(O)COP(=O)(O)OC[C@@H](COC(=O)CCCCCCCCCC(C)C)OC(=O)CCCCCCCCCCCCCCCCCC(C)C. The maximum Gasteiger partial charge on any atom is 0.472 e. The van der Waals surface area contributed by atoms with E-state index in [1.54, 1.807) is 0 Å². The fraction of sp³-hybridized carbons (Fsp3) is 0.941. The summed E-state index contributed by atoms with van der Waals surface area (Å²) in [5.41, 5.74) is 0. The van der Waals surface area contributed by atoms with E-state index in [0.717, 1.165) is 115 Å². The number of unbranched alkanes of at least 4 members (excludes halogenated alkanes) is 30. The number of esters is 4. The fourth-order valence-electron chi connectivity index (χ4n) is 10.1. The molecule has 87 heavy (non-hydrogen) atoms. The Bertz CT molecular complexity index is 1730. The molecule has 0 radical (unpaired) electrons. The van der Waals surface area contributed by atoms with Crippen LogP contribution in [-0.2, 0) is 65.4 Å². The lowest BCUT2D eigenvalue weighted by Gasteiger charge is -2.21. The molecule has 0 fully saturated rings. The first-order chi connectivity index (χ1) is 41.6. The highest BCUT2D eigenvalue weighted by molar-refractivity contribution is 7.47. The number of phosphoric acid groups is 2. The standard InChI is InChI=1S/C68H132O17P2/c1-9-61(8)47-39-31-25-27-35-43-51-68(73)85-64(55-79-66(71)49-41-33-26-24-30-38-46-60(6)7)57-83-87(76,77)81-53-62(69)52-80-86(74,75)82-56-63(54-78-65(70)48-40-32-23-19-21-29-37-45-59(4)5)84-67(72)50-42-34-22-18-16-14-12-10-11-13-15-17-20-28-36-44-58(2)3/h58-64,69H,9-57H2,1-8H3,(H,74,75)(H,76,77)/t61?,62?,63-,64-/m1/s1. The van der Waals surface area contributed by atoms with E-state index < -0.39 is 97.5 Å². The average Bonchev–Trinajstić information content (AvgIpc) is 3.68. The molecule has 4 unspecified atom stereocenters. The molecule has 0 aromatic heterocycles. The highest BCUT2D eigenvalue weighted by Gasteiger charge is 2.30. The van der Waals surface area contributed by atoms with E-state index in [1.807, 2.05) is 0 Å². The van der Waals surface area contributed by atoms with Crippen LogP contribution < -0.4 is 0 Å². The van der Waals surface area contributed by atoms with E-state index in [2.05, 4.69) is 55.4 Å². The third-order valence-corrected chi connectivity index (χ3v) is 17.8. The smallest absolute Gasteiger partial charge is 0.462 e. The first-order valence-electron chi connectivity index (χ1n) is 35.2. The zero-order valence-corrected chi connectivity index (χ0v) is 58.4. The molecule has 0 aromatic rings. The largest absolute Gasteiger partial charge is 0.472 e. The summed E-state index contributed by atoms with van der Waals surface area (Å²) in [5.74, 6) is 0.769. The summed E-state index contributed by atoms with van der Waals surface area (Å²) in [6.45, 7) is 14.0. The zero-order chi connectivity index (χ0) is 64.7. The number of carbonyl (C=O) groups is 4. The molecule has 516 valence electrons. The molecule has 0 aromatic carbocycles. The Kier molecular flexibility index (Phi) is 56.6. The monoisotopic (exact) mass is 1280 g/mol. The Labute approximate surface area is 530 Å². The van der Waals surface area contributed by atoms with Gasteiger partial charge in [-0.15, -0.1) is 0 Å². The second kappa shape index (κ2) is 57.9. The molecular weight excluding hydrogens is 1150 g/mol. The topological polar surface area (TPSA) is 237 Å². The van der Waals surface area contributed by atoms with Crippen LogP contribution in [0.5, 0.6) is 0 Å². The number of hydrogen-bond acceptors (Lipinski definition) is 15. The molecule has 17 nitrogen and oxygen atoms in total. The Morgan fingerprint density at radius 2 is 0.552 bits per heavy atom. The lowest BCUT2D eigenvalue weighted by atomic mass is 10.00. The molecule has 0 aliphatic carbocycles. The van der Waals surface area contributed by atoms with Crippen LogP contribution >= 0.6 is 15.6 Å². The minimum atomic E-state index is -4.95. The van der Waals surface area contributed by atoms with Crippen LogP contribution in [-0.4, -0.2) is 96.7 Å². The number of hydrogen-bond donors (Lipinski definition) is 3. The molecule has 0 saturated heterocycles. The van der Waals surface area contributed by atoms with Gasteiger partial charge >= 0.3 is 39.5 Å². The van der Waals surface area contributed by atoms with Crippen molar-refractivity contribution in [3.8, 4) is 0 Å². The Morgan fingerprint density at radius 3 is 0.816 bits per heavy atom. The number of ether oxygens (including phenoxy) is 4. The van der Waals surface area contributed by atoms with Crippen molar-refractivity contribution in [3.63, 3.8) is 0 Å². The molecule has 0 heterocycles. The fourth-order valence-corrected chi connectivity index (χ4v) is 11.7. The summed E-state index contributed by atoms with van der Waals surface area (Å²) in [7, 11) is -9.90. The van der Waals surface area contributed by atoms with E-state index >= 15 is 0 Å². The first kappa shape index (κ1) is 85.1. The van der Waals surface area contributed by atoms with Gasteiger partial charge in [-0.05, 0) is 49.4 Å². The number of carbonyl (C=O) groups excluding carboxylic acids is 4. The summed E-state index contributed by atoms with van der Waals surface area (Å²) < 4.78 is 68.1. The van der Waals surface area contributed by atoms with Crippen molar-refractivity contribution in [1.82, 2.24) is 0 Å². The lowest BCUT2D eigenvalue weighted by Crippen LogP contribution is -2.30. The first-order valence-corrected chi connectivity index (χ1v) is 38.2. The zero-order valence-electron chi connectivity index (χ0n) is 56.6. The molecule has 19 heteroatoms. The Balaban J connectivity index is 5.20. The Hall–Kier alpha value is -1.94.